The molecule has 0 bridgehead atoms. The molecule has 6 nitrogen and oxygen atoms in total. The molecule has 0 saturated heterocycles. The van der Waals surface area contributed by atoms with Gasteiger partial charge >= 0.3 is 5.97 Å². The van der Waals surface area contributed by atoms with Crippen LogP contribution in [0.5, 0.6) is 0 Å². The van der Waals surface area contributed by atoms with Crippen LogP contribution in [0.25, 0.3) is 10.2 Å². The van der Waals surface area contributed by atoms with E-state index in [1.165, 1.54) is 17.8 Å². The third-order valence-electron chi connectivity index (χ3n) is 3.12. The largest absolute Gasteiger partial charge is 0.477 e. The van der Waals surface area contributed by atoms with Crippen LogP contribution in [0.1, 0.15) is 21.5 Å². The highest BCUT2D eigenvalue weighted by molar-refractivity contribution is 8.01. The summed E-state index contributed by atoms with van der Waals surface area (Å²) >= 11 is 4.03. The van der Waals surface area contributed by atoms with Gasteiger partial charge in [0, 0.05) is 0 Å². The maximum atomic E-state index is 11.9. The van der Waals surface area contributed by atoms with Gasteiger partial charge in [0.1, 0.15) is 4.88 Å². The SMILES string of the molecule is C/C(=N/NC(=O)CSc1nc2ccccc2s1)c1ccc(C(=O)O)s1. The molecule has 0 fully saturated rings. The van der Waals surface area contributed by atoms with E-state index >= 15 is 0 Å². The van der Waals surface area contributed by atoms with E-state index in [4.69, 9.17) is 5.11 Å². The number of aromatic carboxylic acids is 1. The zero-order valence-electron chi connectivity index (χ0n) is 13.1. The van der Waals surface area contributed by atoms with Crippen LogP contribution in [0, 0.1) is 0 Å². The maximum Gasteiger partial charge on any atom is 0.345 e. The van der Waals surface area contributed by atoms with Crippen LogP contribution < -0.4 is 5.43 Å². The number of fused-ring (bicyclic) bond motifs is 1. The normalized spacial score (nSPS) is 11.6. The Labute approximate surface area is 155 Å². The minimum Gasteiger partial charge on any atom is -0.477 e. The lowest BCUT2D eigenvalue weighted by Gasteiger charge is -2.00. The fourth-order valence-corrected chi connectivity index (χ4v) is 4.57. The predicted molar refractivity (Wildman–Crippen MR) is 102 cm³/mol. The van der Waals surface area contributed by atoms with Gasteiger partial charge in [0.05, 0.1) is 26.6 Å². The fourth-order valence-electron chi connectivity index (χ4n) is 1.92. The number of nitrogens with one attached hydrogen (secondary N) is 1. The molecule has 9 heteroatoms. The third-order valence-corrected chi connectivity index (χ3v) is 6.48. The van der Waals surface area contributed by atoms with Gasteiger partial charge in [0.2, 0.25) is 0 Å². The van der Waals surface area contributed by atoms with Crippen LogP contribution in [0.15, 0.2) is 45.8 Å². The monoisotopic (exact) mass is 391 g/mol. The average molecular weight is 391 g/mol. The van der Waals surface area contributed by atoms with E-state index in [0.29, 0.717) is 10.6 Å². The highest BCUT2D eigenvalue weighted by atomic mass is 32.2. The summed E-state index contributed by atoms with van der Waals surface area (Å²) in [6, 6.07) is 11.0. The number of para-hydroxylation sites is 1. The number of thiazole rings is 1. The summed E-state index contributed by atoms with van der Waals surface area (Å²) < 4.78 is 1.92. The number of hydrazone groups is 1. The molecule has 3 aromatic rings. The number of carbonyl (C=O) groups is 2. The molecular formula is C16H13N3O3S3. The quantitative estimate of drug-likeness (QED) is 0.380. The molecule has 0 radical (unpaired) electrons. The number of carboxylic acid groups (broad SMARTS) is 1. The van der Waals surface area contributed by atoms with Gasteiger partial charge in [-0.15, -0.1) is 22.7 Å². The highest BCUT2D eigenvalue weighted by Gasteiger charge is 2.10. The van der Waals surface area contributed by atoms with Crippen molar-refractivity contribution in [2.75, 3.05) is 5.75 Å². The van der Waals surface area contributed by atoms with E-state index in [1.807, 2.05) is 24.3 Å². The lowest BCUT2D eigenvalue weighted by Crippen LogP contribution is -2.20. The molecule has 1 amide bonds. The van der Waals surface area contributed by atoms with Crippen molar-refractivity contribution in [1.29, 1.82) is 0 Å². The fraction of sp³-hybridized carbons (Fsp3) is 0.125. The van der Waals surface area contributed by atoms with Gasteiger partial charge in [-0.1, -0.05) is 23.9 Å². The maximum absolute atomic E-state index is 11.9. The number of thioether (sulfide) groups is 1. The zero-order chi connectivity index (χ0) is 17.8. The van der Waals surface area contributed by atoms with Crippen LogP contribution in [0.3, 0.4) is 0 Å². The molecule has 0 spiro atoms. The summed E-state index contributed by atoms with van der Waals surface area (Å²) in [6.45, 7) is 1.72. The number of aromatic nitrogens is 1. The number of amides is 1. The van der Waals surface area contributed by atoms with Crippen LogP contribution in [-0.2, 0) is 4.79 Å². The second-order valence-electron chi connectivity index (χ2n) is 4.94. The number of thiophene rings is 1. The van der Waals surface area contributed by atoms with Gasteiger partial charge in [0.25, 0.3) is 5.91 Å². The number of hydrogen-bond acceptors (Lipinski definition) is 7. The molecule has 0 aliphatic rings. The van der Waals surface area contributed by atoms with Crippen LogP contribution >= 0.6 is 34.4 Å². The summed E-state index contributed by atoms with van der Waals surface area (Å²) in [5, 5.41) is 12.9. The molecular weight excluding hydrogens is 378 g/mol. The first kappa shape index (κ1) is 17.6. The average Bonchev–Trinajstić information content (AvgIpc) is 3.24. The van der Waals surface area contributed by atoms with Crippen molar-refractivity contribution < 1.29 is 14.7 Å². The Morgan fingerprint density at radius 1 is 1.20 bits per heavy atom. The van der Waals surface area contributed by atoms with Gasteiger partial charge in [0.15, 0.2) is 4.34 Å². The van der Waals surface area contributed by atoms with Gasteiger partial charge in [-0.2, -0.15) is 5.10 Å². The zero-order valence-corrected chi connectivity index (χ0v) is 15.5. The van der Waals surface area contributed by atoms with E-state index in [9.17, 15) is 9.59 Å². The first-order valence-corrected chi connectivity index (χ1v) is 9.80. The van der Waals surface area contributed by atoms with E-state index in [0.717, 1.165) is 25.9 Å². The number of hydrogen-bond donors (Lipinski definition) is 2. The third kappa shape index (κ3) is 4.44. The minimum absolute atomic E-state index is 0.210. The Hall–Kier alpha value is -2.23. The van der Waals surface area contributed by atoms with Crippen molar-refractivity contribution in [3.8, 4) is 0 Å². The lowest BCUT2D eigenvalue weighted by atomic mass is 10.3. The number of rotatable bonds is 6. The van der Waals surface area contributed by atoms with E-state index in [2.05, 4.69) is 15.5 Å². The Bertz CT molecular complexity index is 929. The summed E-state index contributed by atoms with van der Waals surface area (Å²) in [5.41, 5.74) is 3.98. The number of carbonyl (C=O) groups excluding carboxylic acids is 1. The van der Waals surface area contributed by atoms with Crippen LogP contribution in [0.2, 0.25) is 0 Å². The number of benzene rings is 1. The summed E-state index contributed by atoms with van der Waals surface area (Å²) in [6.07, 6.45) is 0. The summed E-state index contributed by atoms with van der Waals surface area (Å²) in [5.74, 6) is -1.000. The predicted octanol–water partition coefficient (Wildman–Crippen LogP) is 3.69. The smallest absolute Gasteiger partial charge is 0.345 e. The number of carboxylic acids is 1. The number of nitrogens with zero attached hydrogens (tertiary/aromatic N) is 2. The Balaban J connectivity index is 1.55. The van der Waals surface area contributed by atoms with Crippen molar-refractivity contribution in [2.45, 2.75) is 11.3 Å². The molecule has 0 aliphatic heterocycles. The molecule has 3 rings (SSSR count). The second kappa shape index (κ2) is 7.77. The van der Waals surface area contributed by atoms with Gasteiger partial charge in [-0.3, -0.25) is 4.79 Å². The first-order chi connectivity index (χ1) is 12.0. The Morgan fingerprint density at radius 3 is 2.68 bits per heavy atom. The second-order valence-corrected chi connectivity index (χ2v) is 8.27. The standard InChI is InChI=1S/C16H13N3O3S3/c1-9(11-6-7-13(24-11)15(21)22)18-19-14(20)8-23-16-17-10-4-2-3-5-12(10)25-16/h2-7H,8H2,1H3,(H,19,20)(H,21,22)/b18-9-. The summed E-state index contributed by atoms with van der Waals surface area (Å²) in [7, 11) is 0. The molecule has 2 aromatic heterocycles. The van der Waals surface area contributed by atoms with E-state index in [-0.39, 0.29) is 16.5 Å². The van der Waals surface area contributed by atoms with Crippen molar-refractivity contribution in [3.05, 3.63) is 46.2 Å². The molecule has 1 aromatic carbocycles. The molecule has 25 heavy (non-hydrogen) atoms. The Kier molecular flexibility index (Phi) is 5.47. The molecule has 0 saturated carbocycles. The molecule has 0 unspecified atom stereocenters. The van der Waals surface area contributed by atoms with Crippen molar-refractivity contribution in [1.82, 2.24) is 10.4 Å². The minimum atomic E-state index is -0.972. The van der Waals surface area contributed by atoms with Crippen LogP contribution in [-0.4, -0.2) is 33.4 Å². The van der Waals surface area contributed by atoms with E-state index in [1.54, 1.807) is 24.3 Å². The van der Waals surface area contributed by atoms with E-state index < -0.39 is 5.97 Å². The first-order valence-electron chi connectivity index (χ1n) is 7.18. The van der Waals surface area contributed by atoms with Crippen LogP contribution in [0.4, 0.5) is 0 Å². The molecule has 2 heterocycles. The molecule has 2 N–H and O–H groups in total. The lowest BCUT2D eigenvalue weighted by molar-refractivity contribution is -0.118. The van der Waals surface area contributed by atoms with Crippen molar-refractivity contribution in [3.63, 3.8) is 0 Å². The summed E-state index contributed by atoms with van der Waals surface area (Å²) in [4.78, 5) is 28.2. The van der Waals surface area contributed by atoms with Gasteiger partial charge in [-0.25, -0.2) is 15.2 Å². The van der Waals surface area contributed by atoms with Crippen molar-refractivity contribution >= 4 is 62.2 Å². The molecule has 0 aliphatic carbocycles. The van der Waals surface area contributed by atoms with Crippen molar-refractivity contribution in [2.24, 2.45) is 5.10 Å². The highest BCUT2D eigenvalue weighted by Crippen LogP contribution is 2.29. The van der Waals surface area contributed by atoms with Gasteiger partial charge in [-0.05, 0) is 31.2 Å². The molecule has 0 atom stereocenters. The Morgan fingerprint density at radius 2 is 1.96 bits per heavy atom. The topological polar surface area (TPSA) is 91.7 Å². The van der Waals surface area contributed by atoms with Gasteiger partial charge < -0.3 is 5.11 Å². The molecule has 128 valence electrons.